The molecule has 2 atom stereocenters. The number of amides is 2. The predicted molar refractivity (Wildman–Crippen MR) is 84.9 cm³/mol. The van der Waals surface area contributed by atoms with Crippen LogP contribution in [0.2, 0.25) is 0 Å². The number of nitrogens with zero attached hydrogens (tertiary/aromatic N) is 1. The number of aromatic amines is 1. The fraction of sp³-hybridized carbons (Fsp3) is 0.312. The number of benzene rings is 1. The molecule has 0 aliphatic heterocycles. The molecule has 0 saturated heterocycles. The fourth-order valence-corrected chi connectivity index (χ4v) is 2.07. The van der Waals surface area contributed by atoms with Crippen LogP contribution >= 0.6 is 0 Å². The van der Waals surface area contributed by atoms with Gasteiger partial charge in [-0.3, -0.25) is 9.59 Å². The molecular weight excluding hydrogens is 296 g/mol. The number of rotatable bonds is 6. The van der Waals surface area contributed by atoms with E-state index < -0.39 is 17.9 Å². The number of carbonyl (C=O) groups is 2. The third-order valence-electron chi connectivity index (χ3n) is 3.38. The molecule has 2 amide bonds. The van der Waals surface area contributed by atoms with E-state index in [2.05, 4.69) is 20.6 Å². The number of H-pyrrole nitrogens is 1. The largest absolute Gasteiger partial charge is 0.394 e. The Labute approximate surface area is 134 Å². The molecule has 0 bridgehead atoms. The van der Waals surface area contributed by atoms with Crippen molar-refractivity contribution in [1.82, 2.24) is 20.6 Å². The first-order chi connectivity index (χ1) is 11.0. The van der Waals surface area contributed by atoms with Gasteiger partial charge in [0.25, 0.3) is 11.8 Å². The number of imidazole rings is 1. The molecule has 2 aromatic rings. The molecule has 0 aliphatic carbocycles. The molecule has 4 N–H and O–H groups in total. The van der Waals surface area contributed by atoms with Crippen LogP contribution in [0.4, 0.5) is 0 Å². The first kappa shape index (κ1) is 16.7. The van der Waals surface area contributed by atoms with Crippen LogP contribution < -0.4 is 10.6 Å². The second-order valence-electron chi connectivity index (χ2n) is 5.29. The van der Waals surface area contributed by atoms with E-state index in [1.807, 2.05) is 37.3 Å². The summed E-state index contributed by atoms with van der Waals surface area (Å²) in [5.74, 6) is -0.925. The van der Waals surface area contributed by atoms with Gasteiger partial charge in [0, 0.05) is 6.04 Å². The Kier molecular flexibility index (Phi) is 5.48. The van der Waals surface area contributed by atoms with Gasteiger partial charge >= 0.3 is 0 Å². The maximum absolute atomic E-state index is 12.4. The molecule has 0 unspecified atom stereocenters. The maximum Gasteiger partial charge on any atom is 0.272 e. The quantitative estimate of drug-likeness (QED) is 0.638. The Balaban J connectivity index is 2.09. The van der Waals surface area contributed by atoms with Crippen molar-refractivity contribution >= 4 is 11.8 Å². The minimum atomic E-state index is -0.509. The zero-order chi connectivity index (χ0) is 16.8. The van der Waals surface area contributed by atoms with Crippen molar-refractivity contribution in [3.63, 3.8) is 0 Å². The monoisotopic (exact) mass is 316 g/mol. The first-order valence-corrected chi connectivity index (χ1v) is 7.33. The third-order valence-corrected chi connectivity index (χ3v) is 3.38. The molecule has 7 heteroatoms. The Morgan fingerprint density at radius 2 is 1.87 bits per heavy atom. The van der Waals surface area contributed by atoms with Gasteiger partial charge in [-0.05, 0) is 19.4 Å². The number of aliphatic hydroxyl groups excluding tert-OH is 1. The van der Waals surface area contributed by atoms with E-state index in [-0.39, 0.29) is 24.0 Å². The summed E-state index contributed by atoms with van der Waals surface area (Å²) in [4.78, 5) is 31.0. The first-order valence-electron chi connectivity index (χ1n) is 7.33. The summed E-state index contributed by atoms with van der Waals surface area (Å²) in [7, 11) is 0. The van der Waals surface area contributed by atoms with Gasteiger partial charge in [0.15, 0.2) is 5.69 Å². The Morgan fingerprint density at radius 1 is 1.17 bits per heavy atom. The predicted octanol–water partition coefficient (Wildman–Crippen LogP) is 1.01. The lowest BCUT2D eigenvalue weighted by molar-refractivity contribution is 0.0890. The average molecular weight is 316 g/mol. The number of hydrogen-bond acceptors (Lipinski definition) is 4. The molecule has 0 saturated carbocycles. The second kappa shape index (κ2) is 7.55. The lowest BCUT2D eigenvalue weighted by Gasteiger charge is -2.14. The van der Waals surface area contributed by atoms with Crippen molar-refractivity contribution < 1.29 is 14.7 Å². The molecule has 0 radical (unpaired) electrons. The number of aromatic nitrogens is 2. The normalized spacial score (nSPS) is 13.2. The number of aliphatic hydroxyl groups is 1. The zero-order valence-electron chi connectivity index (χ0n) is 13.0. The van der Waals surface area contributed by atoms with Crippen molar-refractivity contribution in [2.45, 2.75) is 25.9 Å². The fourth-order valence-electron chi connectivity index (χ4n) is 2.07. The minimum absolute atomic E-state index is 0.00283. The van der Waals surface area contributed by atoms with E-state index in [1.54, 1.807) is 6.92 Å². The highest BCUT2D eigenvalue weighted by atomic mass is 16.3. The van der Waals surface area contributed by atoms with Gasteiger partial charge in [0.2, 0.25) is 0 Å². The van der Waals surface area contributed by atoms with Crippen LogP contribution in [0.15, 0.2) is 36.7 Å². The number of carbonyl (C=O) groups excluding carboxylic acids is 2. The molecular formula is C16H20N4O3. The van der Waals surface area contributed by atoms with Crippen LogP contribution in [0.5, 0.6) is 0 Å². The molecule has 0 aliphatic rings. The zero-order valence-corrected chi connectivity index (χ0v) is 13.0. The van der Waals surface area contributed by atoms with Crippen LogP contribution in [0.3, 0.4) is 0 Å². The summed E-state index contributed by atoms with van der Waals surface area (Å²) in [6.45, 7) is 3.32. The molecule has 1 aromatic carbocycles. The van der Waals surface area contributed by atoms with E-state index in [1.165, 1.54) is 6.33 Å². The van der Waals surface area contributed by atoms with Gasteiger partial charge < -0.3 is 20.7 Å². The number of hydrogen-bond donors (Lipinski definition) is 4. The highest BCUT2D eigenvalue weighted by Gasteiger charge is 2.22. The van der Waals surface area contributed by atoms with Crippen molar-refractivity contribution in [2.75, 3.05) is 6.61 Å². The van der Waals surface area contributed by atoms with Gasteiger partial charge in [-0.25, -0.2) is 4.98 Å². The van der Waals surface area contributed by atoms with E-state index in [9.17, 15) is 9.59 Å². The molecule has 1 heterocycles. The van der Waals surface area contributed by atoms with Crippen LogP contribution in [-0.2, 0) is 0 Å². The van der Waals surface area contributed by atoms with Crippen molar-refractivity contribution in [3.8, 4) is 0 Å². The molecule has 7 nitrogen and oxygen atoms in total. The minimum Gasteiger partial charge on any atom is -0.394 e. The summed E-state index contributed by atoms with van der Waals surface area (Å²) in [5.41, 5.74) is 1.05. The van der Waals surface area contributed by atoms with Crippen molar-refractivity contribution in [1.29, 1.82) is 0 Å². The van der Waals surface area contributed by atoms with E-state index in [0.717, 1.165) is 5.56 Å². The summed E-state index contributed by atoms with van der Waals surface area (Å²) in [6, 6.07) is 8.88. The Hall–Kier alpha value is -2.67. The highest BCUT2D eigenvalue weighted by Crippen LogP contribution is 2.13. The highest BCUT2D eigenvalue weighted by molar-refractivity contribution is 6.04. The van der Waals surface area contributed by atoms with Crippen LogP contribution in [0.25, 0.3) is 0 Å². The summed E-state index contributed by atoms with van der Waals surface area (Å²) >= 11 is 0. The topological polar surface area (TPSA) is 107 Å². The second-order valence-corrected chi connectivity index (χ2v) is 5.29. The van der Waals surface area contributed by atoms with Gasteiger partial charge in [-0.2, -0.15) is 0 Å². The van der Waals surface area contributed by atoms with E-state index >= 15 is 0 Å². The van der Waals surface area contributed by atoms with Crippen molar-refractivity contribution in [3.05, 3.63) is 53.6 Å². The van der Waals surface area contributed by atoms with Crippen LogP contribution in [0.1, 0.15) is 46.4 Å². The van der Waals surface area contributed by atoms with E-state index in [4.69, 9.17) is 5.11 Å². The molecule has 122 valence electrons. The summed E-state index contributed by atoms with van der Waals surface area (Å²) < 4.78 is 0. The summed E-state index contributed by atoms with van der Waals surface area (Å²) in [5, 5.41) is 14.4. The Bertz CT molecular complexity index is 669. The molecule has 1 aromatic heterocycles. The lowest BCUT2D eigenvalue weighted by atomic mass is 10.1. The van der Waals surface area contributed by atoms with E-state index in [0.29, 0.717) is 0 Å². The molecule has 23 heavy (non-hydrogen) atoms. The van der Waals surface area contributed by atoms with Crippen LogP contribution in [0, 0.1) is 0 Å². The summed E-state index contributed by atoms with van der Waals surface area (Å²) in [6.07, 6.45) is 1.29. The maximum atomic E-state index is 12.4. The van der Waals surface area contributed by atoms with Gasteiger partial charge in [-0.15, -0.1) is 0 Å². The lowest BCUT2D eigenvalue weighted by Crippen LogP contribution is -2.37. The van der Waals surface area contributed by atoms with Crippen molar-refractivity contribution in [2.24, 2.45) is 0 Å². The number of nitrogens with one attached hydrogen (secondary N) is 3. The Morgan fingerprint density at radius 3 is 2.52 bits per heavy atom. The molecule has 0 spiro atoms. The SMILES string of the molecule is C[C@@H](CO)NC(=O)c1nc[nH]c1C(=O)N[C@H](C)c1ccccc1. The molecule has 0 fully saturated rings. The van der Waals surface area contributed by atoms with Gasteiger partial charge in [0.1, 0.15) is 5.69 Å². The molecule has 2 rings (SSSR count). The third kappa shape index (κ3) is 4.17. The average Bonchev–Trinajstić information content (AvgIpc) is 3.05. The van der Waals surface area contributed by atoms with Crippen LogP contribution in [-0.4, -0.2) is 39.5 Å². The van der Waals surface area contributed by atoms with Gasteiger partial charge in [0.05, 0.1) is 19.0 Å². The smallest absolute Gasteiger partial charge is 0.272 e. The van der Waals surface area contributed by atoms with Gasteiger partial charge in [-0.1, -0.05) is 30.3 Å². The standard InChI is InChI=1S/C16H20N4O3/c1-10(8-21)19-15(22)13-14(18-9-17-13)16(23)20-11(2)12-6-4-3-5-7-12/h3-7,9-11,21H,8H2,1-2H3,(H,17,18)(H,19,22)(H,20,23)/t10-,11+/m0/s1.